The highest BCUT2D eigenvalue weighted by molar-refractivity contribution is 9.10. The topological polar surface area (TPSA) is 59.8 Å². The van der Waals surface area contributed by atoms with Gasteiger partial charge < -0.3 is 5.32 Å². The van der Waals surface area contributed by atoms with Gasteiger partial charge >= 0.3 is 0 Å². The van der Waals surface area contributed by atoms with Crippen molar-refractivity contribution in [3.05, 3.63) is 81.7 Å². The number of fused-ring (bicyclic) bond motifs is 1. The van der Waals surface area contributed by atoms with Crippen LogP contribution in [0.25, 0.3) is 22.2 Å². The number of halogens is 1. The Morgan fingerprint density at radius 2 is 1.89 bits per heavy atom. The number of aryl methyl sites for hydroxylation is 1. The van der Waals surface area contributed by atoms with Crippen molar-refractivity contribution in [3.8, 4) is 11.3 Å². The molecule has 2 aromatic heterocycles. The van der Waals surface area contributed by atoms with Gasteiger partial charge in [-0.15, -0.1) is 0 Å². The van der Waals surface area contributed by atoms with E-state index in [1.807, 2.05) is 61.5 Å². The summed E-state index contributed by atoms with van der Waals surface area (Å²) in [4.78, 5) is 17.2. The maximum atomic E-state index is 12.8. The van der Waals surface area contributed by atoms with Gasteiger partial charge in [0.05, 0.1) is 11.2 Å². The van der Waals surface area contributed by atoms with Crippen LogP contribution in [0.5, 0.6) is 0 Å². The monoisotopic (exact) mass is 420 g/mol. The Morgan fingerprint density at radius 1 is 1.04 bits per heavy atom. The first-order valence-corrected chi connectivity index (χ1v) is 9.44. The van der Waals surface area contributed by atoms with Gasteiger partial charge in [0.2, 0.25) is 0 Å². The van der Waals surface area contributed by atoms with E-state index >= 15 is 0 Å². The third kappa shape index (κ3) is 3.48. The largest absolute Gasteiger partial charge is 0.350 e. The van der Waals surface area contributed by atoms with Crippen molar-refractivity contribution in [2.24, 2.45) is 0 Å². The van der Waals surface area contributed by atoms with Crippen LogP contribution < -0.4 is 10.9 Å². The summed E-state index contributed by atoms with van der Waals surface area (Å²) in [6.07, 6.45) is 1.76. The van der Waals surface area contributed by atoms with Crippen LogP contribution in [-0.4, -0.2) is 14.8 Å². The number of anilines is 2. The second-order valence-corrected chi connectivity index (χ2v) is 6.99. The number of nitrogens with zero attached hydrogens (tertiary/aromatic N) is 3. The van der Waals surface area contributed by atoms with Crippen LogP contribution in [0.4, 0.5) is 11.4 Å². The molecule has 2 heterocycles. The molecular formula is C21H17BrN4O. The van der Waals surface area contributed by atoms with Crippen molar-refractivity contribution in [2.45, 2.75) is 13.5 Å². The first-order chi connectivity index (χ1) is 13.2. The summed E-state index contributed by atoms with van der Waals surface area (Å²) < 4.78 is 2.44. The lowest BCUT2D eigenvalue weighted by atomic mass is 10.1. The van der Waals surface area contributed by atoms with Gasteiger partial charge in [-0.25, -0.2) is 4.68 Å². The fourth-order valence-electron chi connectivity index (χ4n) is 2.99. The molecule has 0 aliphatic heterocycles. The van der Waals surface area contributed by atoms with Crippen LogP contribution in [0.1, 0.15) is 6.92 Å². The highest BCUT2D eigenvalue weighted by Gasteiger charge is 2.11. The van der Waals surface area contributed by atoms with E-state index in [1.54, 1.807) is 12.3 Å². The summed E-state index contributed by atoms with van der Waals surface area (Å²) in [7, 11) is 0. The number of hydrogen-bond acceptors (Lipinski definition) is 4. The Morgan fingerprint density at radius 3 is 2.70 bits per heavy atom. The van der Waals surface area contributed by atoms with Gasteiger partial charge in [0.25, 0.3) is 5.56 Å². The van der Waals surface area contributed by atoms with Crippen LogP contribution >= 0.6 is 15.9 Å². The molecule has 0 radical (unpaired) electrons. The standard InChI is InChI=1S/C21H17BrN4O/c1-2-26-21(27)20(13-19(25-26)14-6-3-7-15(22)12-14)24-18-10-4-9-17-16(18)8-5-11-23-17/h3-13,24H,2H2,1H3. The molecular weight excluding hydrogens is 404 g/mol. The summed E-state index contributed by atoms with van der Waals surface area (Å²) in [5.74, 6) is 0. The SMILES string of the molecule is CCn1nc(-c2cccc(Br)c2)cc(Nc2cccc3ncccc23)c1=O. The van der Waals surface area contributed by atoms with E-state index in [0.717, 1.165) is 32.3 Å². The van der Waals surface area contributed by atoms with Crippen molar-refractivity contribution >= 4 is 38.2 Å². The first-order valence-electron chi connectivity index (χ1n) is 8.64. The molecule has 5 nitrogen and oxygen atoms in total. The van der Waals surface area contributed by atoms with E-state index in [2.05, 4.69) is 31.3 Å². The number of benzene rings is 2. The van der Waals surface area contributed by atoms with Crippen molar-refractivity contribution in [2.75, 3.05) is 5.32 Å². The molecule has 0 spiro atoms. The van der Waals surface area contributed by atoms with Crippen LogP contribution in [0.15, 0.2) is 76.1 Å². The van der Waals surface area contributed by atoms with Gasteiger partial charge in [-0.2, -0.15) is 5.10 Å². The summed E-state index contributed by atoms with van der Waals surface area (Å²) in [6.45, 7) is 2.40. The maximum Gasteiger partial charge on any atom is 0.290 e. The Kier molecular flexibility index (Phi) is 4.73. The minimum atomic E-state index is -0.155. The summed E-state index contributed by atoms with van der Waals surface area (Å²) in [5.41, 5.74) is 3.72. The molecule has 0 fully saturated rings. The van der Waals surface area contributed by atoms with E-state index in [1.165, 1.54) is 4.68 Å². The van der Waals surface area contributed by atoms with Crippen molar-refractivity contribution in [3.63, 3.8) is 0 Å². The molecule has 1 N–H and O–H groups in total. The molecule has 0 bridgehead atoms. The molecule has 0 atom stereocenters. The molecule has 6 heteroatoms. The second-order valence-electron chi connectivity index (χ2n) is 6.08. The van der Waals surface area contributed by atoms with Crippen LogP contribution in [0, 0.1) is 0 Å². The number of hydrogen-bond donors (Lipinski definition) is 1. The fraction of sp³-hybridized carbons (Fsp3) is 0.0952. The smallest absolute Gasteiger partial charge is 0.290 e. The number of rotatable bonds is 4. The van der Waals surface area contributed by atoms with Crippen LogP contribution in [0.2, 0.25) is 0 Å². The molecule has 0 amide bonds. The summed E-state index contributed by atoms with van der Waals surface area (Å²) in [6, 6.07) is 19.4. The minimum Gasteiger partial charge on any atom is -0.350 e. The van der Waals surface area contributed by atoms with E-state index in [-0.39, 0.29) is 5.56 Å². The highest BCUT2D eigenvalue weighted by Crippen LogP contribution is 2.26. The lowest BCUT2D eigenvalue weighted by molar-refractivity contribution is 0.621. The Balaban J connectivity index is 1.84. The second kappa shape index (κ2) is 7.32. The van der Waals surface area contributed by atoms with Crippen molar-refractivity contribution < 1.29 is 0 Å². The average Bonchev–Trinajstić information content (AvgIpc) is 2.70. The molecule has 0 unspecified atom stereocenters. The van der Waals surface area contributed by atoms with Crippen LogP contribution in [0.3, 0.4) is 0 Å². The van der Waals surface area contributed by atoms with Gasteiger partial charge in [0, 0.05) is 33.9 Å². The zero-order chi connectivity index (χ0) is 18.8. The Labute approximate surface area is 164 Å². The highest BCUT2D eigenvalue weighted by atomic mass is 79.9. The molecule has 4 aromatic rings. The zero-order valence-corrected chi connectivity index (χ0v) is 16.3. The summed E-state index contributed by atoms with van der Waals surface area (Å²) >= 11 is 3.49. The molecule has 27 heavy (non-hydrogen) atoms. The lowest BCUT2D eigenvalue weighted by Gasteiger charge is -2.13. The van der Waals surface area contributed by atoms with Gasteiger partial charge in [0.1, 0.15) is 5.69 Å². The first kappa shape index (κ1) is 17.4. The predicted octanol–water partition coefficient (Wildman–Crippen LogP) is 4.98. The average molecular weight is 421 g/mol. The van der Waals surface area contributed by atoms with Gasteiger partial charge in [-0.05, 0) is 49.4 Å². The predicted molar refractivity (Wildman–Crippen MR) is 112 cm³/mol. The molecule has 0 saturated carbocycles. The quantitative estimate of drug-likeness (QED) is 0.505. The van der Waals surface area contributed by atoms with Crippen LogP contribution in [-0.2, 0) is 6.54 Å². The summed E-state index contributed by atoms with van der Waals surface area (Å²) in [5, 5.41) is 8.75. The number of nitrogens with one attached hydrogen (secondary N) is 1. The third-order valence-corrected chi connectivity index (χ3v) is 4.80. The molecule has 0 saturated heterocycles. The molecule has 4 rings (SSSR count). The molecule has 2 aromatic carbocycles. The maximum absolute atomic E-state index is 12.8. The zero-order valence-electron chi connectivity index (χ0n) is 14.7. The van der Waals surface area contributed by atoms with Crippen molar-refractivity contribution in [1.82, 2.24) is 14.8 Å². The normalized spacial score (nSPS) is 10.9. The Bertz CT molecular complexity index is 1180. The molecule has 0 aliphatic carbocycles. The number of aromatic nitrogens is 3. The van der Waals surface area contributed by atoms with Gasteiger partial charge in [-0.3, -0.25) is 9.78 Å². The lowest BCUT2D eigenvalue weighted by Crippen LogP contribution is -2.24. The Hall–Kier alpha value is -2.99. The van der Waals surface area contributed by atoms with E-state index in [4.69, 9.17) is 0 Å². The van der Waals surface area contributed by atoms with Crippen molar-refractivity contribution in [1.29, 1.82) is 0 Å². The number of pyridine rings is 1. The van der Waals surface area contributed by atoms with E-state index in [9.17, 15) is 4.79 Å². The minimum absolute atomic E-state index is 0.155. The molecule has 0 aliphatic rings. The fourth-order valence-corrected chi connectivity index (χ4v) is 3.39. The third-order valence-electron chi connectivity index (χ3n) is 4.31. The van der Waals surface area contributed by atoms with E-state index < -0.39 is 0 Å². The van der Waals surface area contributed by atoms with Gasteiger partial charge in [0.15, 0.2) is 0 Å². The molecule has 134 valence electrons. The van der Waals surface area contributed by atoms with Gasteiger partial charge in [-0.1, -0.05) is 34.1 Å². The van der Waals surface area contributed by atoms with E-state index in [0.29, 0.717) is 12.2 Å².